The molecule has 1 atom stereocenters. The van der Waals surface area contributed by atoms with Crippen molar-refractivity contribution in [1.82, 2.24) is 5.32 Å². The van der Waals surface area contributed by atoms with Crippen molar-refractivity contribution in [2.75, 3.05) is 17.4 Å². The highest BCUT2D eigenvalue weighted by Gasteiger charge is 2.37. The zero-order valence-corrected chi connectivity index (χ0v) is 15.6. The smallest absolute Gasteiger partial charge is 0.264 e. The molecule has 1 amide bonds. The highest BCUT2D eigenvalue weighted by molar-refractivity contribution is 7.92. The third kappa shape index (κ3) is 3.73. The maximum atomic E-state index is 13.2. The molecule has 0 saturated carbocycles. The van der Waals surface area contributed by atoms with Gasteiger partial charge in [-0.25, -0.2) is 8.42 Å². The number of carbonyl (C=O) groups is 1. The summed E-state index contributed by atoms with van der Waals surface area (Å²) in [5.74, 6) is -0.0241. The number of benzene rings is 2. The van der Waals surface area contributed by atoms with Crippen LogP contribution in [0.5, 0.6) is 5.75 Å². The monoisotopic (exact) mass is 385 g/mol. The summed E-state index contributed by atoms with van der Waals surface area (Å²) >= 11 is 0. The zero-order valence-electron chi connectivity index (χ0n) is 14.8. The number of para-hydroxylation sites is 2. The van der Waals surface area contributed by atoms with Crippen LogP contribution in [0.1, 0.15) is 18.9 Å². The minimum atomic E-state index is -3.92. The van der Waals surface area contributed by atoms with Crippen LogP contribution in [0.25, 0.3) is 0 Å². The molecule has 0 unspecified atom stereocenters. The molecule has 3 rings (SSSR count). The number of ether oxygens (including phenoxy) is 1. The molecule has 0 spiro atoms. The van der Waals surface area contributed by atoms with Crippen LogP contribution in [0.4, 0.5) is 5.69 Å². The first-order valence-corrected chi connectivity index (χ1v) is 9.97. The summed E-state index contributed by atoms with van der Waals surface area (Å²) in [4.78, 5) is 12.4. The van der Waals surface area contributed by atoms with E-state index in [-0.39, 0.29) is 17.3 Å². The fraction of sp³-hybridized carbons (Fsp3) is 0.263. The lowest BCUT2D eigenvalue weighted by Gasteiger charge is -2.34. The Balaban J connectivity index is 1.98. The Bertz CT molecular complexity index is 981. The summed E-state index contributed by atoms with van der Waals surface area (Å²) in [7, 11) is -3.92. The summed E-state index contributed by atoms with van der Waals surface area (Å²) in [6, 6.07) is 14.3. The average Bonchev–Trinajstić information content (AvgIpc) is 2.71. The van der Waals surface area contributed by atoms with Crippen LogP contribution < -0.4 is 14.4 Å². The van der Waals surface area contributed by atoms with E-state index in [0.29, 0.717) is 23.5 Å². The van der Waals surface area contributed by atoms with Gasteiger partial charge in [0.2, 0.25) is 0 Å². The fourth-order valence-electron chi connectivity index (χ4n) is 2.76. The van der Waals surface area contributed by atoms with Crippen molar-refractivity contribution in [3.63, 3.8) is 0 Å². The van der Waals surface area contributed by atoms with E-state index in [2.05, 4.69) is 5.32 Å². The van der Waals surface area contributed by atoms with E-state index < -0.39 is 16.1 Å². The predicted molar refractivity (Wildman–Crippen MR) is 99.8 cm³/mol. The van der Waals surface area contributed by atoms with Gasteiger partial charge in [-0.05, 0) is 42.8 Å². The van der Waals surface area contributed by atoms with E-state index in [1.807, 2.05) is 13.0 Å². The Labute approximate surface area is 158 Å². The largest absolute Gasteiger partial charge is 0.476 e. The maximum Gasteiger partial charge on any atom is 0.264 e. The second-order valence-electron chi connectivity index (χ2n) is 6.04. The molecule has 0 aromatic heterocycles. The molecule has 0 fully saturated rings. The van der Waals surface area contributed by atoms with Crippen molar-refractivity contribution in [3.8, 4) is 11.8 Å². The molecule has 0 saturated heterocycles. The first-order valence-electron chi connectivity index (χ1n) is 8.53. The van der Waals surface area contributed by atoms with E-state index in [0.717, 1.165) is 6.42 Å². The molecule has 0 aliphatic carbocycles. The zero-order chi connectivity index (χ0) is 19.4. The van der Waals surface area contributed by atoms with Gasteiger partial charge in [0.15, 0.2) is 6.10 Å². The molecular formula is C19H19N3O4S. The number of rotatable bonds is 5. The SMILES string of the molecule is CCCNC(=O)[C@@H]1CN(S(=O)(=O)c2ccc(C#N)cc2)c2ccccc2O1. The summed E-state index contributed by atoms with van der Waals surface area (Å²) in [6.07, 6.45) is -0.179. The predicted octanol–water partition coefficient (Wildman–Crippen LogP) is 2.04. The average molecular weight is 385 g/mol. The lowest BCUT2D eigenvalue weighted by Crippen LogP contribution is -2.50. The summed E-state index contributed by atoms with van der Waals surface area (Å²) in [6.45, 7) is 2.29. The maximum absolute atomic E-state index is 13.2. The first-order chi connectivity index (χ1) is 13.0. The molecule has 0 radical (unpaired) electrons. The number of fused-ring (bicyclic) bond motifs is 1. The van der Waals surface area contributed by atoms with Gasteiger partial charge >= 0.3 is 0 Å². The van der Waals surface area contributed by atoms with Gasteiger partial charge in [-0.2, -0.15) is 5.26 Å². The minimum Gasteiger partial charge on any atom is -0.476 e. The summed E-state index contributed by atoms with van der Waals surface area (Å²) in [5.41, 5.74) is 0.745. The highest BCUT2D eigenvalue weighted by Crippen LogP contribution is 2.36. The number of carbonyl (C=O) groups excluding carboxylic acids is 1. The molecule has 2 aromatic rings. The van der Waals surface area contributed by atoms with Crippen molar-refractivity contribution in [1.29, 1.82) is 5.26 Å². The van der Waals surface area contributed by atoms with Gasteiger partial charge in [-0.1, -0.05) is 19.1 Å². The molecule has 1 heterocycles. The van der Waals surface area contributed by atoms with Crippen molar-refractivity contribution >= 4 is 21.6 Å². The third-order valence-electron chi connectivity index (χ3n) is 4.15. The number of amides is 1. The Hall–Kier alpha value is -3.05. The van der Waals surface area contributed by atoms with Gasteiger partial charge in [-0.15, -0.1) is 0 Å². The lowest BCUT2D eigenvalue weighted by molar-refractivity contribution is -0.127. The lowest BCUT2D eigenvalue weighted by atomic mass is 10.2. The van der Waals surface area contributed by atoms with Crippen LogP contribution in [0.15, 0.2) is 53.4 Å². The normalized spacial score (nSPS) is 16.0. The number of nitrogens with one attached hydrogen (secondary N) is 1. The van der Waals surface area contributed by atoms with Crippen LogP contribution in [0.2, 0.25) is 0 Å². The summed E-state index contributed by atoms with van der Waals surface area (Å²) < 4.78 is 33.3. The Morgan fingerprint density at radius 2 is 1.96 bits per heavy atom. The fourth-order valence-corrected chi connectivity index (χ4v) is 4.23. The topological polar surface area (TPSA) is 99.5 Å². The van der Waals surface area contributed by atoms with Crippen LogP contribution in [-0.2, 0) is 14.8 Å². The van der Waals surface area contributed by atoms with Crippen LogP contribution in [0, 0.1) is 11.3 Å². The Morgan fingerprint density at radius 1 is 1.26 bits per heavy atom. The molecule has 140 valence electrons. The van der Waals surface area contributed by atoms with Gasteiger partial charge in [0.1, 0.15) is 5.75 Å². The Kier molecular flexibility index (Phi) is 5.33. The van der Waals surface area contributed by atoms with Crippen molar-refractivity contribution in [3.05, 3.63) is 54.1 Å². The number of hydrogen-bond donors (Lipinski definition) is 1. The standard InChI is InChI=1S/C19H19N3O4S/c1-2-11-21-19(23)18-13-22(16-5-3-4-6-17(16)26-18)27(24,25)15-9-7-14(12-20)8-10-15/h3-10,18H,2,11,13H2,1H3,(H,21,23)/t18-/m0/s1. The highest BCUT2D eigenvalue weighted by atomic mass is 32.2. The number of nitriles is 1. The number of hydrogen-bond acceptors (Lipinski definition) is 5. The van der Waals surface area contributed by atoms with Gasteiger partial charge in [0, 0.05) is 6.54 Å². The van der Waals surface area contributed by atoms with Crippen LogP contribution >= 0.6 is 0 Å². The number of nitrogens with zero attached hydrogens (tertiary/aromatic N) is 2. The summed E-state index contributed by atoms with van der Waals surface area (Å²) in [5, 5.41) is 11.6. The van der Waals surface area contributed by atoms with Crippen molar-refractivity contribution in [2.45, 2.75) is 24.3 Å². The second-order valence-corrected chi connectivity index (χ2v) is 7.90. The molecule has 0 bridgehead atoms. The molecule has 8 heteroatoms. The van der Waals surface area contributed by atoms with Gasteiger partial charge in [0.25, 0.3) is 15.9 Å². The van der Waals surface area contributed by atoms with E-state index >= 15 is 0 Å². The minimum absolute atomic E-state index is 0.0471. The third-order valence-corrected chi connectivity index (χ3v) is 5.94. The molecule has 2 aromatic carbocycles. The molecule has 7 nitrogen and oxygen atoms in total. The van der Waals surface area contributed by atoms with Crippen LogP contribution in [-0.4, -0.2) is 33.5 Å². The van der Waals surface area contributed by atoms with Gasteiger partial charge < -0.3 is 10.1 Å². The van der Waals surface area contributed by atoms with Gasteiger partial charge in [0.05, 0.1) is 28.8 Å². The molecular weight excluding hydrogens is 366 g/mol. The van der Waals surface area contributed by atoms with Gasteiger partial charge in [-0.3, -0.25) is 9.10 Å². The first kappa shape index (κ1) is 18.7. The van der Waals surface area contributed by atoms with E-state index in [9.17, 15) is 13.2 Å². The van der Waals surface area contributed by atoms with Crippen molar-refractivity contribution in [2.24, 2.45) is 0 Å². The Morgan fingerprint density at radius 3 is 2.63 bits per heavy atom. The van der Waals surface area contributed by atoms with Crippen molar-refractivity contribution < 1.29 is 17.9 Å². The van der Waals surface area contributed by atoms with E-state index in [1.165, 1.54) is 28.6 Å². The quantitative estimate of drug-likeness (QED) is 0.849. The van der Waals surface area contributed by atoms with E-state index in [4.69, 9.17) is 10.00 Å². The van der Waals surface area contributed by atoms with E-state index in [1.54, 1.807) is 24.3 Å². The number of sulfonamides is 1. The van der Waals surface area contributed by atoms with Crippen LogP contribution in [0.3, 0.4) is 0 Å². The second kappa shape index (κ2) is 7.68. The molecule has 1 aliphatic heterocycles. The molecule has 27 heavy (non-hydrogen) atoms. The molecule has 1 N–H and O–H groups in total. The molecule has 1 aliphatic rings. The number of anilines is 1.